The molecule has 1 aromatic carbocycles. The van der Waals surface area contributed by atoms with Crippen LogP contribution in [0.25, 0.3) is 5.69 Å². The van der Waals surface area contributed by atoms with Crippen molar-refractivity contribution < 1.29 is 9.53 Å². The van der Waals surface area contributed by atoms with Gasteiger partial charge in [-0.2, -0.15) is 10.2 Å². The molecule has 0 aliphatic heterocycles. The minimum Gasteiger partial charge on any atom is -0.465 e. The first-order valence-electron chi connectivity index (χ1n) is 8.42. The normalized spacial score (nSPS) is 18.7. The highest BCUT2D eigenvalue weighted by Crippen LogP contribution is 2.55. The molecule has 1 aliphatic carbocycles. The lowest BCUT2D eigenvalue weighted by Gasteiger charge is -2.10. The number of aromatic nitrogens is 4. The van der Waals surface area contributed by atoms with E-state index >= 15 is 0 Å². The highest BCUT2D eigenvalue weighted by atomic mass is 35.5. The average Bonchev–Trinajstić information content (AvgIpc) is 3.12. The van der Waals surface area contributed by atoms with Crippen molar-refractivity contribution in [1.29, 1.82) is 0 Å². The average molecular weight is 371 g/mol. The van der Waals surface area contributed by atoms with E-state index in [-0.39, 0.29) is 11.9 Å². The number of hydrogen-bond donors (Lipinski definition) is 0. The van der Waals surface area contributed by atoms with Gasteiger partial charge in [0.1, 0.15) is 5.56 Å². The van der Waals surface area contributed by atoms with Crippen LogP contribution in [0.15, 0.2) is 42.9 Å². The highest BCUT2D eigenvalue weighted by molar-refractivity contribution is 6.17. The Balaban J connectivity index is 1.76. The molecule has 1 unspecified atom stereocenters. The molecule has 2 heterocycles. The Kier molecular flexibility index (Phi) is 4.28. The maximum absolute atomic E-state index is 12.3. The first kappa shape index (κ1) is 16.8. The van der Waals surface area contributed by atoms with E-state index in [1.807, 2.05) is 48.4 Å². The van der Waals surface area contributed by atoms with Crippen LogP contribution in [0, 0.1) is 0 Å². The lowest BCUT2D eigenvalue weighted by Crippen LogP contribution is -2.08. The molecule has 0 saturated heterocycles. The molecule has 1 saturated carbocycles. The van der Waals surface area contributed by atoms with Crippen molar-refractivity contribution in [1.82, 2.24) is 19.6 Å². The fourth-order valence-electron chi connectivity index (χ4n) is 3.46. The van der Waals surface area contributed by atoms with Crippen molar-refractivity contribution in [3.63, 3.8) is 0 Å². The predicted molar refractivity (Wildman–Crippen MR) is 97.8 cm³/mol. The summed E-state index contributed by atoms with van der Waals surface area (Å²) in [5, 5.41) is 8.74. The lowest BCUT2D eigenvalue weighted by molar-refractivity contribution is 0.0599. The number of carbonyl (C=O) groups excluding carboxylic acids is 1. The van der Waals surface area contributed by atoms with Crippen molar-refractivity contribution >= 4 is 17.6 Å². The summed E-state index contributed by atoms with van der Waals surface area (Å²) in [5.41, 5.74) is 4.48. The summed E-state index contributed by atoms with van der Waals surface area (Å²) in [4.78, 5) is 12.3. The van der Waals surface area contributed by atoms with Crippen LogP contribution in [0.2, 0.25) is 0 Å². The molecule has 4 rings (SSSR count). The molecule has 0 radical (unpaired) electrons. The molecule has 0 bridgehead atoms. The zero-order valence-electron chi connectivity index (χ0n) is 14.6. The Bertz CT molecular complexity index is 962. The second-order valence-corrected chi connectivity index (χ2v) is 6.81. The molecule has 26 heavy (non-hydrogen) atoms. The Morgan fingerprint density at radius 2 is 2.15 bits per heavy atom. The minimum atomic E-state index is -0.364. The van der Waals surface area contributed by atoms with Gasteiger partial charge >= 0.3 is 5.97 Å². The maximum Gasteiger partial charge on any atom is 0.341 e. The van der Waals surface area contributed by atoms with Crippen LogP contribution in [0.5, 0.6) is 0 Å². The van der Waals surface area contributed by atoms with Crippen LogP contribution in [-0.2, 0) is 17.7 Å². The highest BCUT2D eigenvalue weighted by Gasteiger charge is 2.45. The number of halogens is 1. The molecule has 2 atom stereocenters. The van der Waals surface area contributed by atoms with Gasteiger partial charge in [-0.15, -0.1) is 11.6 Å². The van der Waals surface area contributed by atoms with Gasteiger partial charge in [-0.05, 0) is 35.6 Å². The van der Waals surface area contributed by atoms with Gasteiger partial charge < -0.3 is 4.74 Å². The third-order valence-electron chi connectivity index (χ3n) is 4.82. The third-order valence-corrected chi connectivity index (χ3v) is 5.12. The van der Waals surface area contributed by atoms with Crippen LogP contribution in [-0.4, -0.2) is 32.6 Å². The van der Waals surface area contributed by atoms with E-state index in [0.717, 1.165) is 23.4 Å². The smallest absolute Gasteiger partial charge is 0.341 e. The van der Waals surface area contributed by atoms with E-state index in [4.69, 9.17) is 16.3 Å². The lowest BCUT2D eigenvalue weighted by atomic mass is 10.1. The SMILES string of the molecule is COC(=O)c1cnn(-c2cccc(CCl)c2)c1[C@@H]1CC1c1cnn(C)c1. The van der Waals surface area contributed by atoms with Crippen LogP contribution >= 0.6 is 11.6 Å². The van der Waals surface area contributed by atoms with Gasteiger partial charge in [0.2, 0.25) is 0 Å². The molecule has 3 aromatic rings. The van der Waals surface area contributed by atoms with Crippen molar-refractivity contribution in [2.45, 2.75) is 24.1 Å². The van der Waals surface area contributed by atoms with E-state index in [1.165, 1.54) is 12.7 Å². The number of ether oxygens (including phenoxy) is 1. The van der Waals surface area contributed by atoms with E-state index in [1.54, 1.807) is 10.9 Å². The minimum absolute atomic E-state index is 0.204. The number of methoxy groups -OCH3 is 1. The monoisotopic (exact) mass is 370 g/mol. The van der Waals surface area contributed by atoms with E-state index in [2.05, 4.69) is 10.2 Å². The first-order chi connectivity index (χ1) is 12.6. The molecule has 6 nitrogen and oxygen atoms in total. The largest absolute Gasteiger partial charge is 0.465 e. The molecule has 0 amide bonds. The van der Waals surface area contributed by atoms with Crippen molar-refractivity contribution in [2.75, 3.05) is 7.11 Å². The quantitative estimate of drug-likeness (QED) is 0.510. The van der Waals surface area contributed by atoms with Crippen molar-refractivity contribution in [3.05, 3.63) is 65.2 Å². The zero-order chi connectivity index (χ0) is 18.3. The number of rotatable bonds is 5. The Hall–Kier alpha value is -2.60. The molecule has 0 N–H and O–H groups in total. The molecule has 1 fully saturated rings. The number of nitrogens with zero attached hydrogens (tertiary/aromatic N) is 4. The molecular weight excluding hydrogens is 352 g/mol. The summed E-state index contributed by atoms with van der Waals surface area (Å²) >= 11 is 5.97. The number of esters is 1. The Labute approximate surface area is 156 Å². The predicted octanol–water partition coefficient (Wildman–Crippen LogP) is 3.40. The number of benzene rings is 1. The van der Waals surface area contributed by atoms with E-state index in [0.29, 0.717) is 17.4 Å². The first-order valence-corrected chi connectivity index (χ1v) is 8.96. The molecule has 7 heteroatoms. The van der Waals surface area contributed by atoms with E-state index < -0.39 is 0 Å². The molecular formula is C19H19ClN4O2. The summed E-state index contributed by atoms with van der Waals surface area (Å²) in [5.74, 6) is 0.599. The van der Waals surface area contributed by atoms with Crippen LogP contribution < -0.4 is 0 Å². The summed E-state index contributed by atoms with van der Waals surface area (Å²) < 4.78 is 8.60. The van der Waals surface area contributed by atoms with E-state index in [9.17, 15) is 4.79 Å². The van der Waals surface area contributed by atoms with Gasteiger partial charge in [0, 0.05) is 25.0 Å². The van der Waals surface area contributed by atoms with Gasteiger partial charge in [-0.25, -0.2) is 9.48 Å². The fourth-order valence-corrected chi connectivity index (χ4v) is 3.62. The second kappa shape index (κ2) is 6.61. The molecule has 0 spiro atoms. The third kappa shape index (κ3) is 2.90. The topological polar surface area (TPSA) is 61.9 Å². The second-order valence-electron chi connectivity index (χ2n) is 6.55. The molecule has 1 aliphatic rings. The summed E-state index contributed by atoms with van der Waals surface area (Å²) in [6.45, 7) is 0. The van der Waals surface area contributed by atoms with Crippen molar-refractivity contribution in [2.24, 2.45) is 7.05 Å². The zero-order valence-corrected chi connectivity index (χ0v) is 15.3. The standard InChI is InChI=1S/C19H19ClN4O2/c1-23-11-13(9-21-23)15-7-16(15)18-17(19(25)26-2)10-22-24(18)14-5-3-4-12(6-14)8-20/h3-6,9-11,15-16H,7-8H2,1-2H3/t15?,16-/m1/s1. The summed E-state index contributed by atoms with van der Waals surface area (Å²) in [6.07, 6.45) is 6.46. The van der Waals surface area contributed by atoms with Gasteiger partial charge in [0.05, 0.1) is 30.9 Å². The van der Waals surface area contributed by atoms with Gasteiger partial charge in [0.25, 0.3) is 0 Å². The van der Waals surface area contributed by atoms with Crippen LogP contribution in [0.3, 0.4) is 0 Å². The maximum atomic E-state index is 12.3. The van der Waals surface area contributed by atoms with Gasteiger partial charge in [-0.1, -0.05) is 12.1 Å². The number of hydrogen-bond acceptors (Lipinski definition) is 4. The number of alkyl halides is 1. The van der Waals surface area contributed by atoms with Gasteiger partial charge in [-0.3, -0.25) is 4.68 Å². The summed E-state index contributed by atoms with van der Waals surface area (Å²) in [7, 11) is 3.30. The fraction of sp³-hybridized carbons (Fsp3) is 0.316. The molecule has 2 aromatic heterocycles. The van der Waals surface area contributed by atoms with Crippen LogP contribution in [0.1, 0.15) is 45.4 Å². The Morgan fingerprint density at radius 1 is 1.31 bits per heavy atom. The van der Waals surface area contributed by atoms with Gasteiger partial charge in [0.15, 0.2) is 0 Å². The van der Waals surface area contributed by atoms with Crippen molar-refractivity contribution in [3.8, 4) is 5.69 Å². The number of carbonyl (C=O) groups is 1. The molecule has 134 valence electrons. The Morgan fingerprint density at radius 3 is 2.85 bits per heavy atom. The van der Waals surface area contributed by atoms with Crippen LogP contribution in [0.4, 0.5) is 0 Å². The summed E-state index contributed by atoms with van der Waals surface area (Å²) in [6, 6.07) is 7.87. The number of aryl methyl sites for hydroxylation is 1.